The first-order valence-electron chi connectivity index (χ1n) is 10.4. The summed E-state index contributed by atoms with van der Waals surface area (Å²) in [5, 5.41) is 3.34. The Morgan fingerprint density at radius 2 is 1.90 bits per heavy atom. The van der Waals surface area contributed by atoms with Gasteiger partial charge in [-0.25, -0.2) is 4.79 Å². The van der Waals surface area contributed by atoms with Gasteiger partial charge in [0, 0.05) is 22.9 Å². The number of esters is 1. The normalized spacial score (nSPS) is 18.3. The molecule has 0 bridgehead atoms. The molecule has 6 nitrogen and oxygen atoms in total. The lowest BCUT2D eigenvalue weighted by Gasteiger charge is -2.36. The van der Waals surface area contributed by atoms with Crippen LogP contribution in [0.25, 0.3) is 0 Å². The lowest BCUT2D eigenvalue weighted by Crippen LogP contribution is -2.48. The molecule has 2 amide bonds. The van der Waals surface area contributed by atoms with Crippen LogP contribution in [0.1, 0.15) is 81.1 Å². The molecular formula is C22H34N2O4S. The molecule has 162 valence electrons. The van der Waals surface area contributed by atoms with Gasteiger partial charge in [0.1, 0.15) is 5.00 Å². The third-order valence-corrected chi connectivity index (χ3v) is 6.63. The summed E-state index contributed by atoms with van der Waals surface area (Å²) < 4.78 is 5.57. The van der Waals surface area contributed by atoms with Crippen LogP contribution in [0.2, 0.25) is 0 Å². The third kappa shape index (κ3) is 5.38. The zero-order chi connectivity index (χ0) is 21.9. The standard InChI is InChI=1S/C22H34N2O4S/c1-8-16-11-9-10-12-24(16)19(25)14(3)28-20(26)17-13(2)15(4)29-18(17)23-21(27)22(5,6)7/h14,16H,8-12H2,1-7H3,(H,23,27). The maximum Gasteiger partial charge on any atom is 0.342 e. The second kappa shape index (κ2) is 9.28. The quantitative estimate of drug-likeness (QED) is 0.699. The Bertz CT molecular complexity index is 779. The van der Waals surface area contributed by atoms with Crippen molar-refractivity contribution in [2.75, 3.05) is 11.9 Å². The zero-order valence-electron chi connectivity index (χ0n) is 18.7. The van der Waals surface area contributed by atoms with E-state index in [0.717, 1.165) is 36.1 Å². The van der Waals surface area contributed by atoms with Crippen LogP contribution in [0.3, 0.4) is 0 Å². The van der Waals surface area contributed by atoms with Crippen molar-refractivity contribution in [2.24, 2.45) is 5.41 Å². The summed E-state index contributed by atoms with van der Waals surface area (Å²) in [6, 6.07) is 0.212. The van der Waals surface area contributed by atoms with Crippen LogP contribution in [0.4, 0.5) is 5.00 Å². The molecule has 0 saturated carbocycles. The smallest absolute Gasteiger partial charge is 0.342 e. The first kappa shape index (κ1) is 23.4. The first-order chi connectivity index (χ1) is 13.5. The van der Waals surface area contributed by atoms with Crippen molar-refractivity contribution in [2.45, 2.75) is 86.3 Å². The summed E-state index contributed by atoms with van der Waals surface area (Å²) >= 11 is 1.35. The molecule has 1 fully saturated rings. The second-order valence-corrected chi connectivity index (χ2v) is 10.1. The topological polar surface area (TPSA) is 75.7 Å². The number of hydrogen-bond acceptors (Lipinski definition) is 5. The minimum absolute atomic E-state index is 0.144. The van der Waals surface area contributed by atoms with Crippen molar-refractivity contribution in [3.05, 3.63) is 16.0 Å². The fraction of sp³-hybridized carbons (Fsp3) is 0.682. The number of nitrogens with zero attached hydrogens (tertiary/aromatic N) is 1. The summed E-state index contributed by atoms with van der Waals surface area (Å²) in [6.45, 7) is 13.6. The molecule has 29 heavy (non-hydrogen) atoms. The molecule has 1 N–H and O–H groups in total. The fourth-order valence-electron chi connectivity index (χ4n) is 3.47. The number of piperidine rings is 1. The van der Waals surface area contributed by atoms with Crippen molar-refractivity contribution < 1.29 is 19.1 Å². The maximum absolute atomic E-state index is 12.9. The van der Waals surface area contributed by atoms with Gasteiger partial charge in [0.25, 0.3) is 5.91 Å². The number of nitrogens with one attached hydrogen (secondary N) is 1. The molecule has 0 radical (unpaired) electrons. The Labute approximate surface area is 178 Å². The van der Waals surface area contributed by atoms with Gasteiger partial charge in [-0.1, -0.05) is 27.7 Å². The Morgan fingerprint density at radius 3 is 2.48 bits per heavy atom. The van der Waals surface area contributed by atoms with Crippen LogP contribution < -0.4 is 5.32 Å². The average molecular weight is 423 g/mol. The van der Waals surface area contributed by atoms with E-state index in [1.54, 1.807) is 6.92 Å². The highest BCUT2D eigenvalue weighted by atomic mass is 32.1. The number of amides is 2. The Kier molecular flexibility index (Phi) is 7.49. The number of aryl methyl sites for hydroxylation is 1. The highest BCUT2D eigenvalue weighted by molar-refractivity contribution is 7.16. The van der Waals surface area contributed by atoms with Gasteiger partial charge in [0.2, 0.25) is 5.91 Å². The number of anilines is 1. The van der Waals surface area contributed by atoms with E-state index >= 15 is 0 Å². The summed E-state index contributed by atoms with van der Waals surface area (Å²) in [5.41, 5.74) is 0.531. The van der Waals surface area contributed by atoms with Crippen molar-refractivity contribution in [1.29, 1.82) is 0 Å². The van der Waals surface area contributed by atoms with Crippen LogP contribution in [-0.2, 0) is 14.3 Å². The molecule has 1 aromatic heterocycles. The van der Waals surface area contributed by atoms with E-state index in [2.05, 4.69) is 12.2 Å². The SMILES string of the molecule is CCC1CCCCN1C(=O)C(C)OC(=O)c1c(NC(=O)C(C)(C)C)sc(C)c1C. The van der Waals surface area contributed by atoms with Crippen molar-refractivity contribution in [1.82, 2.24) is 4.90 Å². The van der Waals surface area contributed by atoms with E-state index in [9.17, 15) is 14.4 Å². The van der Waals surface area contributed by atoms with Gasteiger partial charge < -0.3 is 15.0 Å². The van der Waals surface area contributed by atoms with Crippen molar-refractivity contribution in [3.8, 4) is 0 Å². The molecule has 0 aliphatic carbocycles. The highest BCUT2D eigenvalue weighted by Gasteiger charge is 2.32. The molecule has 1 saturated heterocycles. The van der Waals surface area contributed by atoms with E-state index < -0.39 is 17.5 Å². The van der Waals surface area contributed by atoms with Gasteiger partial charge in [0.05, 0.1) is 5.56 Å². The van der Waals surface area contributed by atoms with Gasteiger partial charge in [-0.15, -0.1) is 11.3 Å². The molecule has 0 aromatic carbocycles. The Hall–Kier alpha value is -1.89. The van der Waals surface area contributed by atoms with Gasteiger partial charge >= 0.3 is 5.97 Å². The number of thiophene rings is 1. The van der Waals surface area contributed by atoms with Gasteiger partial charge in [-0.05, 0) is 52.0 Å². The second-order valence-electron chi connectivity index (χ2n) is 8.83. The van der Waals surface area contributed by atoms with E-state index in [-0.39, 0.29) is 17.9 Å². The predicted octanol–water partition coefficient (Wildman–Crippen LogP) is 4.69. The molecule has 1 aliphatic rings. The maximum atomic E-state index is 12.9. The molecule has 2 atom stereocenters. The number of carbonyl (C=O) groups excluding carboxylic acids is 3. The van der Waals surface area contributed by atoms with Gasteiger partial charge in [-0.3, -0.25) is 9.59 Å². The van der Waals surface area contributed by atoms with E-state index in [0.29, 0.717) is 17.1 Å². The molecule has 7 heteroatoms. The number of rotatable bonds is 5. The van der Waals surface area contributed by atoms with Crippen LogP contribution in [0.5, 0.6) is 0 Å². The molecule has 1 aromatic rings. The largest absolute Gasteiger partial charge is 0.449 e. The van der Waals surface area contributed by atoms with Crippen LogP contribution >= 0.6 is 11.3 Å². The zero-order valence-corrected chi connectivity index (χ0v) is 19.5. The van der Waals surface area contributed by atoms with E-state index in [4.69, 9.17) is 4.74 Å². The van der Waals surface area contributed by atoms with E-state index in [1.165, 1.54) is 11.3 Å². The van der Waals surface area contributed by atoms with Crippen LogP contribution in [0.15, 0.2) is 0 Å². The summed E-state index contributed by atoms with van der Waals surface area (Å²) in [4.78, 5) is 41.0. The first-order valence-corrected chi connectivity index (χ1v) is 11.2. The molecule has 2 heterocycles. The summed E-state index contributed by atoms with van der Waals surface area (Å²) in [7, 11) is 0. The van der Waals surface area contributed by atoms with Crippen molar-refractivity contribution in [3.63, 3.8) is 0 Å². The molecule has 1 aliphatic heterocycles. The number of likely N-dealkylation sites (tertiary alicyclic amines) is 1. The lowest BCUT2D eigenvalue weighted by atomic mass is 9.96. The lowest BCUT2D eigenvalue weighted by molar-refractivity contribution is -0.143. The molecule has 2 unspecified atom stereocenters. The van der Waals surface area contributed by atoms with Crippen molar-refractivity contribution >= 4 is 34.1 Å². The molecule has 0 spiro atoms. The van der Waals surface area contributed by atoms with Crippen LogP contribution in [-0.4, -0.2) is 41.4 Å². The monoisotopic (exact) mass is 422 g/mol. The third-order valence-electron chi connectivity index (χ3n) is 5.51. The highest BCUT2D eigenvalue weighted by Crippen LogP contribution is 2.34. The minimum atomic E-state index is -0.861. The summed E-state index contributed by atoms with van der Waals surface area (Å²) in [5.74, 6) is -0.882. The average Bonchev–Trinajstić information content (AvgIpc) is 2.93. The predicted molar refractivity (Wildman–Crippen MR) is 116 cm³/mol. The fourth-order valence-corrected chi connectivity index (χ4v) is 4.51. The molecule has 2 rings (SSSR count). The van der Waals surface area contributed by atoms with Gasteiger partial charge in [-0.2, -0.15) is 0 Å². The van der Waals surface area contributed by atoms with Crippen LogP contribution in [0, 0.1) is 19.3 Å². The number of carbonyl (C=O) groups is 3. The van der Waals surface area contributed by atoms with E-state index in [1.807, 2.05) is 39.5 Å². The van der Waals surface area contributed by atoms with Gasteiger partial charge in [0.15, 0.2) is 6.10 Å². The molecular weight excluding hydrogens is 388 g/mol. The number of ether oxygens (including phenoxy) is 1. The summed E-state index contributed by atoms with van der Waals surface area (Å²) in [6.07, 6.45) is 3.14. The number of hydrogen-bond donors (Lipinski definition) is 1. The Balaban J connectivity index is 2.17. The Morgan fingerprint density at radius 1 is 1.24 bits per heavy atom. The minimum Gasteiger partial charge on any atom is -0.449 e.